The molecule has 9 heteroatoms. The monoisotopic (exact) mass is 446 g/mol. The van der Waals surface area contributed by atoms with Gasteiger partial charge in [0.15, 0.2) is 5.78 Å². The van der Waals surface area contributed by atoms with Crippen LogP contribution in [0.25, 0.3) is 0 Å². The zero-order valence-corrected chi connectivity index (χ0v) is 19.2. The second-order valence-corrected chi connectivity index (χ2v) is 9.44. The zero-order valence-electron chi connectivity index (χ0n) is 19.2. The fraction of sp³-hybridized carbons (Fsp3) is 0.565. The van der Waals surface area contributed by atoms with Crippen LogP contribution in [-0.4, -0.2) is 52.9 Å². The topological polar surface area (TPSA) is 128 Å². The van der Waals surface area contributed by atoms with E-state index in [4.69, 9.17) is 5.21 Å². The lowest BCUT2D eigenvalue weighted by Crippen LogP contribution is -2.57. The normalized spacial score (nSPS) is 15.0. The van der Waals surface area contributed by atoms with Crippen molar-refractivity contribution in [1.82, 2.24) is 15.7 Å². The Hall–Kier alpha value is -2.94. The zero-order chi connectivity index (χ0) is 23.9. The summed E-state index contributed by atoms with van der Waals surface area (Å²) in [6.45, 7) is 7.07. The summed E-state index contributed by atoms with van der Waals surface area (Å²) in [4.78, 5) is 50.7. The van der Waals surface area contributed by atoms with E-state index in [1.54, 1.807) is 29.7 Å². The number of rotatable bonds is 8. The maximum atomic E-state index is 13.4. The fourth-order valence-electron chi connectivity index (χ4n) is 3.86. The molecule has 0 spiro atoms. The Bertz CT molecular complexity index is 826. The fourth-order valence-corrected chi connectivity index (χ4v) is 3.86. The van der Waals surface area contributed by atoms with Gasteiger partial charge in [-0.2, -0.15) is 0 Å². The number of nitrogens with zero attached hydrogens (tertiary/aromatic N) is 1. The van der Waals surface area contributed by atoms with Gasteiger partial charge >= 0.3 is 6.03 Å². The van der Waals surface area contributed by atoms with Crippen LogP contribution < -0.4 is 16.1 Å². The molecule has 9 nitrogen and oxygen atoms in total. The Balaban J connectivity index is 2.14. The minimum atomic E-state index is -0.896. The van der Waals surface area contributed by atoms with Crippen molar-refractivity contribution >= 4 is 29.3 Å². The number of hydroxylamine groups is 1. The SMILES string of the molecule is CC(=O)c1ccc(NC(=O)NC(C(=O)N(CC(=O)NO)CC2CCCC2)C(C)(C)C)cc1. The highest BCUT2D eigenvalue weighted by Gasteiger charge is 2.37. The summed E-state index contributed by atoms with van der Waals surface area (Å²) in [5.41, 5.74) is 1.97. The average Bonchev–Trinajstić information content (AvgIpc) is 3.23. The van der Waals surface area contributed by atoms with Crippen LogP contribution in [0.5, 0.6) is 0 Å². The van der Waals surface area contributed by atoms with Crippen molar-refractivity contribution in [1.29, 1.82) is 0 Å². The Kier molecular flexibility index (Phi) is 8.77. The lowest BCUT2D eigenvalue weighted by atomic mass is 9.85. The molecule has 1 saturated carbocycles. The van der Waals surface area contributed by atoms with Gasteiger partial charge in [-0.25, -0.2) is 10.3 Å². The summed E-state index contributed by atoms with van der Waals surface area (Å²) in [6.07, 6.45) is 4.14. The first-order valence-electron chi connectivity index (χ1n) is 10.9. The average molecular weight is 447 g/mol. The Morgan fingerprint density at radius 3 is 2.19 bits per heavy atom. The molecule has 0 bridgehead atoms. The van der Waals surface area contributed by atoms with Crippen LogP contribution in [0.2, 0.25) is 0 Å². The molecule has 0 aromatic heterocycles. The molecule has 32 heavy (non-hydrogen) atoms. The van der Waals surface area contributed by atoms with E-state index in [2.05, 4.69) is 10.6 Å². The van der Waals surface area contributed by atoms with E-state index in [0.29, 0.717) is 23.7 Å². The van der Waals surface area contributed by atoms with Crippen LogP contribution in [0.15, 0.2) is 24.3 Å². The second-order valence-electron chi connectivity index (χ2n) is 9.44. The quantitative estimate of drug-likeness (QED) is 0.277. The summed E-state index contributed by atoms with van der Waals surface area (Å²) in [7, 11) is 0. The molecule has 0 heterocycles. The Morgan fingerprint density at radius 1 is 1.09 bits per heavy atom. The standard InChI is InChI=1S/C23H34N4O5/c1-15(28)17-9-11-18(12-10-17)24-22(31)25-20(23(2,3)4)21(30)27(14-19(29)26-32)13-16-7-5-6-8-16/h9-12,16,20,32H,5-8,13-14H2,1-4H3,(H,26,29)(H2,24,25,31). The lowest BCUT2D eigenvalue weighted by Gasteiger charge is -2.35. The first kappa shape index (κ1) is 25.3. The highest BCUT2D eigenvalue weighted by atomic mass is 16.5. The third-order valence-electron chi connectivity index (χ3n) is 5.66. The number of ketones is 1. The summed E-state index contributed by atoms with van der Waals surface area (Å²) in [5.74, 6) is -0.845. The van der Waals surface area contributed by atoms with Gasteiger partial charge in [-0.05, 0) is 55.4 Å². The van der Waals surface area contributed by atoms with Gasteiger partial charge in [0.25, 0.3) is 5.91 Å². The second kappa shape index (κ2) is 11.1. The molecule has 0 aliphatic heterocycles. The van der Waals surface area contributed by atoms with Crippen molar-refractivity contribution < 1.29 is 24.4 Å². The van der Waals surface area contributed by atoms with Crippen LogP contribution in [-0.2, 0) is 9.59 Å². The molecule has 4 N–H and O–H groups in total. The van der Waals surface area contributed by atoms with Gasteiger partial charge in [-0.15, -0.1) is 0 Å². The molecule has 0 radical (unpaired) electrons. The van der Waals surface area contributed by atoms with Gasteiger partial charge in [0.05, 0.1) is 0 Å². The van der Waals surface area contributed by atoms with E-state index < -0.39 is 23.4 Å². The molecule has 1 aliphatic rings. The number of anilines is 1. The van der Waals surface area contributed by atoms with Gasteiger partial charge < -0.3 is 15.5 Å². The van der Waals surface area contributed by atoms with Crippen LogP contribution in [0, 0.1) is 11.3 Å². The largest absolute Gasteiger partial charge is 0.331 e. The third kappa shape index (κ3) is 7.33. The molecule has 0 saturated heterocycles. The molecule has 1 aromatic carbocycles. The van der Waals surface area contributed by atoms with Gasteiger partial charge in [0.1, 0.15) is 12.6 Å². The summed E-state index contributed by atoms with van der Waals surface area (Å²) >= 11 is 0. The predicted molar refractivity (Wildman–Crippen MR) is 120 cm³/mol. The Morgan fingerprint density at radius 2 is 1.69 bits per heavy atom. The molecule has 2 rings (SSSR count). The predicted octanol–water partition coefficient (Wildman–Crippen LogP) is 2.95. The van der Waals surface area contributed by atoms with Gasteiger partial charge in [-0.1, -0.05) is 33.6 Å². The smallest absolute Gasteiger partial charge is 0.319 e. The van der Waals surface area contributed by atoms with Crippen LogP contribution >= 0.6 is 0 Å². The number of amides is 4. The minimum absolute atomic E-state index is 0.0753. The minimum Gasteiger partial charge on any atom is -0.331 e. The van der Waals surface area contributed by atoms with Crippen LogP contribution in [0.4, 0.5) is 10.5 Å². The highest BCUT2D eigenvalue weighted by molar-refractivity contribution is 5.97. The van der Waals surface area contributed by atoms with Crippen LogP contribution in [0.1, 0.15) is 63.7 Å². The number of hydrogen-bond acceptors (Lipinski definition) is 5. The summed E-state index contributed by atoms with van der Waals surface area (Å²) in [5, 5.41) is 14.4. The van der Waals surface area contributed by atoms with Gasteiger partial charge in [0, 0.05) is 17.8 Å². The summed E-state index contributed by atoms with van der Waals surface area (Å²) in [6, 6.07) is 4.99. The number of hydrogen-bond donors (Lipinski definition) is 4. The molecule has 1 atom stereocenters. The number of Topliss-reactive ketones (excluding diaryl/α,β-unsaturated/α-hetero) is 1. The van der Waals surface area contributed by atoms with Crippen molar-refractivity contribution in [2.45, 2.75) is 59.4 Å². The molecule has 176 valence electrons. The van der Waals surface area contributed by atoms with Crippen LogP contribution in [0.3, 0.4) is 0 Å². The van der Waals surface area contributed by atoms with E-state index >= 15 is 0 Å². The number of urea groups is 1. The third-order valence-corrected chi connectivity index (χ3v) is 5.66. The first-order chi connectivity index (χ1) is 15.0. The van der Waals surface area contributed by atoms with E-state index in [9.17, 15) is 19.2 Å². The number of carbonyl (C=O) groups excluding carboxylic acids is 4. The highest BCUT2D eigenvalue weighted by Crippen LogP contribution is 2.27. The molecule has 1 unspecified atom stereocenters. The molecule has 4 amide bonds. The Labute approximate surface area is 188 Å². The molecule has 1 fully saturated rings. The van der Waals surface area contributed by atoms with Gasteiger partial charge in [0.2, 0.25) is 5.91 Å². The molecular formula is C23H34N4O5. The summed E-state index contributed by atoms with van der Waals surface area (Å²) < 4.78 is 0. The van der Waals surface area contributed by atoms with Crippen molar-refractivity contribution in [3.8, 4) is 0 Å². The molecule has 1 aromatic rings. The van der Waals surface area contributed by atoms with E-state index in [0.717, 1.165) is 25.7 Å². The van der Waals surface area contributed by atoms with Crippen molar-refractivity contribution in [2.75, 3.05) is 18.4 Å². The lowest BCUT2D eigenvalue weighted by molar-refractivity contribution is -0.142. The molecular weight excluding hydrogens is 412 g/mol. The van der Waals surface area contributed by atoms with E-state index in [-0.39, 0.29) is 18.2 Å². The number of nitrogens with one attached hydrogen (secondary N) is 3. The maximum Gasteiger partial charge on any atom is 0.319 e. The number of carbonyl (C=O) groups is 4. The van der Waals surface area contributed by atoms with Crippen molar-refractivity contribution in [2.24, 2.45) is 11.3 Å². The number of benzene rings is 1. The first-order valence-corrected chi connectivity index (χ1v) is 10.9. The van der Waals surface area contributed by atoms with Gasteiger partial charge in [-0.3, -0.25) is 19.6 Å². The van der Waals surface area contributed by atoms with E-state index in [1.165, 1.54) is 11.8 Å². The van der Waals surface area contributed by atoms with Crippen molar-refractivity contribution in [3.05, 3.63) is 29.8 Å². The maximum absolute atomic E-state index is 13.4. The van der Waals surface area contributed by atoms with Crippen molar-refractivity contribution in [3.63, 3.8) is 0 Å². The molecule has 1 aliphatic carbocycles. The van der Waals surface area contributed by atoms with E-state index in [1.807, 2.05) is 20.8 Å².